The maximum Gasteiger partial charge on any atom is 0.329 e. The molecule has 1 amide bonds. The molecule has 1 aromatic rings. The molecule has 0 heterocycles. The van der Waals surface area contributed by atoms with Crippen molar-refractivity contribution in [1.29, 1.82) is 0 Å². The van der Waals surface area contributed by atoms with Crippen molar-refractivity contribution in [3.8, 4) is 5.75 Å². The van der Waals surface area contributed by atoms with Crippen molar-refractivity contribution in [2.75, 3.05) is 6.61 Å². The summed E-state index contributed by atoms with van der Waals surface area (Å²) in [6, 6.07) is 2.25. The molecule has 0 aliphatic heterocycles. The van der Waals surface area contributed by atoms with E-state index in [4.69, 9.17) is 9.47 Å². The Labute approximate surface area is 221 Å². The maximum absolute atomic E-state index is 15.4. The third kappa shape index (κ3) is 6.15. The standard InChI is InChI=1S/C31H44FNO4/c1-18(2)8-26(29(35)37-30(3,4)5)33-28(34)24-12-23(22-6-7-22)27(13-25(24)32)36-17-31-14-19-9-20(15-31)11-21(10-19)16-31/h12-13,18-22,26H,6-11,14-17H2,1-5H3,(H,33,34)/t19?,20?,21?,26-,31?/m0/s1. The summed E-state index contributed by atoms with van der Waals surface area (Å²) in [5.41, 5.74) is 0.465. The van der Waals surface area contributed by atoms with E-state index in [0.29, 0.717) is 24.7 Å². The highest BCUT2D eigenvalue weighted by Crippen LogP contribution is 2.60. The zero-order valence-corrected chi connectivity index (χ0v) is 23.2. The molecular weight excluding hydrogens is 469 g/mol. The predicted octanol–water partition coefficient (Wildman–Crippen LogP) is 6.78. The van der Waals surface area contributed by atoms with Gasteiger partial charge in [-0.05, 0) is 120 Å². The first kappa shape index (κ1) is 26.5. The summed E-state index contributed by atoms with van der Waals surface area (Å²) in [5, 5.41) is 2.76. The summed E-state index contributed by atoms with van der Waals surface area (Å²) >= 11 is 0. The molecule has 5 saturated carbocycles. The quantitative estimate of drug-likeness (QED) is 0.370. The Balaban J connectivity index is 1.32. The fourth-order valence-corrected chi connectivity index (χ4v) is 7.58. The molecule has 5 nitrogen and oxygen atoms in total. The van der Waals surface area contributed by atoms with Gasteiger partial charge in [0.15, 0.2) is 0 Å². The Morgan fingerprint density at radius 1 is 1.05 bits per heavy atom. The minimum atomic E-state index is -0.831. The van der Waals surface area contributed by atoms with Gasteiger partial charge in [0.1, 0.15) is 23.2 Å². The lowest BCUT2D eigenvalue weighted by molar-refractivity contribution is -0.157. The SMILES string of the molecule is CC(C)C[C@H](NC(=O)c1cc(C2CC2)c(OCC23CC4CC(CC(C4)C2)C3)cc1F)C(=O)OC(C)(C)C. The Hall–Kier alpha value is -2.11. The molecule has 0 spiro atoms. The van der Waals surface area contributed by atoms with Crippen LogP contribution < -0.4 is 10.1 Å². The second kappa shape index (κ2) is 9.89. The summed E-state index contributed by atoms with van der Waals surface area (Å²) in [4.78, 5) is 26.0. The van der Waals surface area contributed by atoms with Crippen LogP contribution in [0, 0.1) is 34.9 Å². The van der Waals surface area contributed by atoms with Gasteiger partial charge in [-0.15, -0.1) is 0 Å². The average molecular weight is 514 g/mol. The van der Waals surface area contributed by atoms with Gasteiger partial charge >= 0.3 is 5.97 Å². The van der Waals surface area contributed by atoms with Crippen LogP contribution in [0.2, 0.25) is 0 Å². The number of nitrogens with one attached hydrogen (secondary N) is 1. The molecule has 5 aliphatic carbocycles. The number of rotatable bonds is 9. The lowest BCUT2D eigenvalue weighted by Crippen LogP contribution is -2.48. The summed E-state index contributed by atoms with van der Waals surface area (Å²) in [5.74, 6) is 1.89. The second-order valence-corrected chi connectivity index (χ2v) is 14.0. The van der Waals surface area contributed by atoms with E-state index in [1.165, 1.54) is 44.6 Å². The van der Waals surface area contributed by atoms with E-state index < -0.39 is 29.3 Å². The molecule has 37 heavy (non-hydrogen) atoms. The number of hydrogen-bond acceptors (Lipinski definition) is 4. The van der Waals surface area contributed by atoms with E-state index in [-0.39, 0.29) is 16.9 Å². The van der Waals surface area contributed by atoms with Gasteiger partial charge in [-0.1, -0.05) is 13.8 Å². The molecule has 0 saturated heterocycles. The van der Waals surface area contributed by atoms with Gasteiger partial charge in [0.2, 0.25) is 0 Å². The third-order valence-electron chi connectivity index (χ3n) is 8.76. The van der Waals surface area contributed by atoms with Crippen LogP contribution in [0.15, 0.2) is 12.1 Å². The Morgan fingerprint density at radius 2 is 1.65 bits per heavy atom. The summed E-state index contributed by atoms with van der Waals surface area (Å²) in [7, 11) is 0. The molecule has 5 fully saturated rings. The third-order valence-corrected chi connectivity index (χ3v) is 8.76. The molecular formula is C31H44FNO4. The smallest absolute Gasteiger partial charge is 0.329 e. The molecule has 1 atom stereocenters. The number of carbonyl (C=O) groups is 2. The highest BCUT2D eigenvalue weighted by molar-refractivity contribution is 5.97. The highest BCUT2D eigenvalue weighted by atomic mass is 19.1. The van der Waals surface area contributed by atoms with Crippen LogP contribution in [0.5, 0.6) is 5.75 Å². The van der Waals surface area contributed by atoms with E-state index in [1.807, 2.05) is 13.8 Å². The van der Waals surface area contributed by atoms with Crippen molar-refractivity contribution < 1.29 is 23.5 Å². The van der Waals surface area contributed by atoms with E-state index in [0.717, 1.165) is 36.2 Å². The predicted molar refractivity (Wildman–Crippen MR) is 141 cm³/mol. The first-order chi connectivity index (χ1) is 17.4. The number of esters is 1. The molecule has 6 heteroatoms. The molecule has 1 aromatic carbocycles. The Morgan fingerprint density at radius 3 is 2.16 bits per heavy atom. The van der Waals surface area contributed by atoms with Gasteiger partial charge in [-0.3, -0.25) is 4.79 Å². The molecule has 5 aliphatic rings. The van der Waals surface area contributed by atoms with E-state index >= 15 is 4.39 Å². The van der Waals surface area contributed by atoms with Crippen LogP contribution in [0.4, 0.5) is 4.39 Å². The Kier molecular flexibility index (Phi) is 7.08. The first-order valence-corrected chi connectivity index (χ1v) is 14.4. The van der Waals surface area contributed by atoms with Gasteiger partial charge in [0, 0.05) is 11.5 Å². The zero-order chi connectivity index (χ0) is 26.5. The molecule has 4 bridgehead atoms. The van der Waals surface area contributed by atoms with Gasteiger partial charge < -0.3 is 14.8 Å². The largest absolute Gasteiger partial charge is 0.493 e. The van der Waals surface area contributed by atoms with Crippen molar-refractivity contribution in [1.82, 2.24) is 5.32 Å². The fraction of sp³-hybridized carbons (Fsp3) is 0.742. The number of carbonyl (C=O) groups excluding carboxylic acids is 2. The van der Waals surface area contributed by atoms with Crippen LogP contribution in [-0.4, -0.2) is 30.1 Å². The molecule has 1 N–H and O–H groups in total. The van der Waals surface area contributed by atoms with Gasteiger partial charge in [0.25, 0.3) is 5.91 Å². The lowest BCUT2D eigenvalue weighted by Gasteiger charge is -2.56. The van der Waals surface area contributed by atoms with Crippen molar-refractivity contribution in [3.05, 3.63) is 29.1 Å². The van der Waals surface area contributed by atoms with Crippen molar-refractivity contribution in [2.45, 2.75) is 110 Å². The molecule has 0 radical (unpaired) electrons. The van der Waals surface area contributed by atoms with E-state index in [2.05, 4.69) is 5.32 Å². The lowest BCUT2D eigenvalue weighted by atomic mass is 9.50. The topological polar surface area (TPSA) is 64.6 Å². The number of hydrogen-bond donors (Lipinski definition) is 1. The van der Waals surface area contributed by atoms with Crippen molar-refractivity contribution in [2.24, 2.45) is 29.1 Å². The number of benzene rings is 1. The first-order valence-electron chi connectivity index (χ1n) is 14.4. The highest BCUT2D eigenvalue weighted by Gasteiger charge is 2.51. The van der Waals surface area contributed by atoms with Gasteiger partial charge in [0.05, 0.1) is 12.2 Å². The Bertz CT molecular complexity index is 1000. The number of amides is 1. The fourth-order valence-electron chi connectivity index (χ4n) is 7.58. The molecule has 0 unspecified atom stereocenters. The van der Waals surface area contributed by atoms with Crippen LogP contribution in [0.3, 0.4) is 0 Å². The van der Waals surface area contributed by atoms with Crippen LogP contribution in [0.25, 0.3) is 0 Å². The van der Waals surface area contributed by atoms with Crippen molar-refractivity contribution in [3.63, 3.8) is 0 Å². The molecule has 6 rings (SSSR count). The summed E-state index contributed by atoms with van der Waals surface area (Å²) in [6.45, 7) is 9.99. The number of ether oxygens (including phenoxy) is 2. The monoisotopic (exact) mass is 513 g/mol. The second-order valence-electron chi connectivity index (χ2n) is 14.0. The van der Waals surface area contributed by atoms with Crippen molar-refractivity contribution >= 4 is 11.9 Å². The van der Waals surface area contributed by atoms with Crippen LogP contribution in [-0.2, 0) is 9.53 Å². The number of halogens is 1. The van der Waals surface area contributed by atoms with Gasteiger partial charge in [-0.25, -0.2) is 9.18 Å². The average Bonchev–Trinajstić information content (AvgIpc) is 3.60. The molecule has 204 valence electrons. The maximum atomic E-state index is 15.4. The minimum absolute atomic E-state index is 0.0265. The van der Waals surface area contributed by atoms with Crippen LogP contribution >= 0.6 is 0 Å². The molecule has 0 aromatic heterocycles. The van der Waals surface area contributed by atoms with E-state index in [9.17, 15) is 9.59 Å². The van der Waals surface area contributed by atoms with Gasteiger partial charge in [-0.2, -0.15) is 0 Å². The normalized spacial score (nSPS) is 29.3. The zero-order valence-electron chi connectivity index (χ0n) is 23.2. The van der Waals surface area contributed by atoms with E-state index in [1.54, 1.807) is 26.8 Å². The van der Waals surface area contributed by atoms with Crippen LogP contribution in [0.1, 0.15) is 114 Å². The summed E-state index contributed by atoms with van der Waals surface area (Å²) in [6.07, 6.45) is 10.3. The summed E-state index contributed by atoms with van der Waals surface area (Å²) < 4.78 is 27.3. The minimum Gasteiger partial charge on any atom is -0.493 e.